The van der Waals surface area contributed by atoms with Crippen molar-refractivity contribution in [3.05, 3.63) is 71.2 Å². The summed E-state index contributed by atoms with van der Waals surface area (Å²) >= 11 is 0. The van der Waals surface area contributed by atoms with Crippen LogP contribution in [0.1, 0.15) is 29.7 Å². The van der Waals surface area contributed by atoms with Crippen LogP contribution in [-0.4, -0.2) is 4.98 Å². The monoisotopic (exact) mass is 304 g/mol. The molecule has 0 fully saturated rings. The number of nitrogens with zero attached hydrogens (tertiary/aromatic N) is 1. The third-order valence-corrected chi connectivity index (χ3v) is 5.03. The van der Waals surface area contributed by atoms with Gasteiger partial charge >= 0.3 is 0 Å². The lowest BCUT2D eigenvalue weighted by Gasteiger charge is -2.32. The molecule has 3 heteroatoms. The number of hydrogen-bond donors (Lipinski definition) is 1. The maximum absolute atomic E-state index is 13.3. The fourth-order valence-electron chi connectivity index (χ4n) is 3.91. The van der Waals surface area contributed by atoms with Crippen LogP contribution in [0.15, 0.2) is 48.5 Å². The number of aromatic amines is 1. The van der Waals surface area contributed by atoms with E-state index < -0.39 is 0 Å². The average Bonchev–Trinajstić information content (AvgIpc) is 2.93. The summed E-state index contributed by atoms with van der Waals surface area (Å²) in [7, 11) is 0. The van der Waals surface area contributed by atoms with Crippen LogP contribution in [0.2, 0.25) is 0 Å². The zero-order valence-electron chi connectivity index (χ0n) is 12.9. The summed E-state index contributed by atoms with van der Waals surface area (Å²) in [4.78, 5) is 3.52. The quantitative estimate of drug-likeness (QED) is 0.691. The largest absolute Gasteiger partial charge is 0.358 e. The third-order valence-electron chi connectivity index (χ3n) is 5.03. The maximum Gasteiger partial charge on any atom is 0.123 e. The summed E-state index contributed by atoms with van der Waals surface area (Å²) in [6.45, 7) is 2.13. The normalized spacial score (nSPS) is 23.4. The van der Waals surface area contributed by atoms with E-state index in [0.29, 0.717) is 0 Å². The number of rotatable bonds is 1. The van der Waals surface area contributed by atoms with Gasteiger partial charge in [-0.1, -0.05) is 37.3 Å². The molecule has 3 aromatic rings. The number of hydrogen-bond acceptors (Lipinski definition) is 1. The zero-order chi connectivity index (χ0) is 16.0. The van der Waals surface area contributed by atoms with Crippen molar-refractivity contribution in [2.24, 2.45) is 11.8 Å². The van der Waals surface area contributed by atoms with E-state index in [0.717, 1.165) is 23.2 Å². The number of aromatic nitrogens is 1. The standard InChI is InChI=1S/C20H17FN2/c1-12-10-16-15-4-2-3-5-18(15)23-20(16)19(17(12)11-22)13-6-8-14(21)9-7-13/h2-9,12,17,19,23H,10H2,1H3/t12-,17-,19+/m0/s1. The molecule has 0 saturated heterocycles. The Morgan fingerprint density at radius 1 is 1.13 bits per heavy atom. The Bertz CT molecular complexity index is 902. The molecule has 0 aliphatic heterocycles. The van der Waals surface area contributed by atoms with Gasteiger partial charge < -0.3 is 4.98 Å². The average molecular weight is 304 g/mol. The molecule has 0 amide bonds. The molecule has 4 rings (SSSR count). The van der Waals surface area contributed by atoms with Gasteiger partial charge in [0, 0.05) is 22.5 Å². The van der Waals surface area contributed by atoms with Crippen LogP contribution in [-0.2, 0) is 6.42 Å². The molecule has 1 N–H and O–H groups in total. The van der Waals surface area contributed by atoms with E-state index in [9.17, 15) is 9.65 Å². The van der Waals surface area contributed by atoms with Gasteiger partial charge in [-0.25, -0.2) is 4.39 Å². The number of fused-ring (bicyclic) bond motifs is 3. The van der Waals surface area contributed by atoms with Crippen LogP contribution in [0.4, 0.5) is 4.39 Å². The molecule has 0 unspecified atom stereocenters. The van der Waals surface area contributed by atoms with E-state index in [2.05, 4.69) is 30.1 Å². The van der Waals surface area contributed by atoms with Crippen molar-refractivity contribution in [1.29, 1.82) is 5.26 Å². The van der Waals surface area contributed by atoms with Crippen LogP contribution >= 0.6 is 0 Å². The van der Waals surface area contributed by atoms with Crippen molar-refractivity contribution in [3.63, 3.8) is 0 Å². The smallest absolute Gasteiger partial charge is 0.123 e. The van der Waals surface area contributed by atoms with Crippen molar-refractivity contribution in [2.75, 3.05) is 0 Å². The van der Waals surface area contributed by atoms with Crippen molar-refractivity contribution in [2.45, 2.75) is 19.3 Å². The Morgan fingerprint density at radius 3 is 2.61 bits per heavy atom. The lowest BCUT2D eigenvalue weighted by atomic mass is 9.70. The van der Waals surface area contributed by atoms with Crippen molar-refractivity contribution in [1.82, 2.24) is 4.98 Å². The van der Waals surface area contributed by atoms with Crippen molar-refractivity contribution in [3.8, 4) is 6.07 Å². The predicted molar refractivity (Wildman–Crippen MR) is 88.5 cm³/mol. The Hall–Kier alpha value is -2.60. The van der Waals surface area contributed by atoms with Gasteiger partial charge in [0.05, 0.1) is 12.0 Å². The molecule has 0 saturated carbocycles. The first kappa shape index (κ1) is 14.0. The molecule has 0 bridgehead atoms. The maximum atomic E-state index is 13.3. The number of H-pyrrole nitrogens is 1. The lowest BCUT2D eigenvalue weighted by Crippen LogP contribution is -2.27. The molecule has 3 atom stereocenters. The molecular formula is C20H17FN2. The molecule has 1 aromatic heterocycles. The highest BCUT2D eigenvalue weighted by molar-refractivity contribution is 5.85. The first-order valence-corrected chi connectivity index (χ1v) is 7.93. The molecule has 23 heavy (non-hydrogen) atoms. The van der Waals surface area contributed by atoms with Crippen LogP contribution in [0.3, 0.4) is 0 Å². The van der Waals surface area contributed by atoms with Gasteiger partial charge in [0.1, 0.15) is 5.82 Å². The molecule has 1 aliphatic carbocycles. The van der Waals surface area contributed by atoms with Gasteiger partial charge in [0.15, 0.2) is 0 Å². The first-order chi connectivity index (χ1) is 11.2. The van der Waals surface area contributed by atoms with Crippen LogP contribution in [0.5, 0.6) is 0 Å². The fraction of sp³-hybridized carbons (Fsp3) is 0.250. The number of nitriles is 1. The molecule has 0 spiro atoms. The molecule has 1 heterocycles. The van der Waals surface area contributed by atoms with E-state index in [1.165, 1.54) is 23.1 Å². The highest BCUT2D eigenvalue weighted by atomic mass is 19.1. The van der Waals surface area contributed by atoms with Crippen LogP contribution in [0, 0.1) is 29.0 Å². The van der Waals surface area contributed by atoms with Gasteiger partial charge in [0.25, 0.3) is 0 Å². The van der Waals surface area contributed by atoms with Gasteiger partial charge in [-0.05, 0) is 41.7 Å². The summed E-state index contributed by atoms with van der Waals surface area (Å²) in [6.07, 6.45) is 0.898. The SMILES string of the molecule is C[C@H]1Cc2c([nH]c3ccccc23)[C@H](c2ccc(F)cc2)[C@H]1C#N. The van der Waals surface area contributed by atoms with Crippen molar-refractivity contribution < 1.29 is 4.39 Å². The van der Waals surface area contributed by atoms with Crippen molar-refractivity contribution >= 4 is 10.9 Å². The summed E-state index contributed by atoms with van der Waals surface area (Å²) < 4.78 is 13.3. The number of benzene rings is 2. The van der Waals surface area contributed by atoms with Gasteiger partial charge in [-0.2, -0.15) is 5.26 Å². The van der Waals surface area contributed by atoms with E-state index in [-0.39, 0.29) is 23.6 Å². The van der Waals surface area contributed by atoms with E-state index in [4.69, 9.17) is 0 Å². The highest BCUT2D eigenvalue weighted by Crippen LogP contribution is 2.45. The molecule has 2 nitrogen and oxygen atoms in total. The fourth-order valence-corrected chi connectivity index (χ4v) is 3.91. The molecule has 0 radical (unpaired) electrons. The van der Waals surface area contributed by atoms with Gasteiger partial charge in [-0.3, -0.25) is 0 Å². The Kier molecular flexibility index (Phi) is 3.20. The van der Waals surface area contributed by atoms with Crippen LogP contribution in [0.25, 0.3) is 10.9 Å². The zero-order valence-corrected chi connectivity index (χ0v) is 12.9. The summed E-state index contributed by atoms with van der Waals surface area (Å²) in [6, 6.07) is 17.3. The molecule has 1 aliphatic rings. The summed E-state index contributed by atoms with van der Waals surface area (Å²) in [5, 5.41) is 10.9. The Balaban J connectivity index is 1.95. The number of nitrogens with one attached hydrogen (secondary N) is 1. The summed E-state index contributed by atoms with van der Waals surface area (Å²) in [5.41, 5.74) is 4.52. The number of para-hydroxylation sites is 1. The summed E-state index contributed by atoms with van der Waals surface area (Å²) in [5.74, 6) is -0.127. The Morgan fingerprint density at radius 2 is 1.87 bits per heavy atom. The molecular weight excluding hydrogens is 287 g/mol. The second kappa shape index (κ2) is 5.24. The lowest BCUT2D eigenvalue weighted by molar-refractivity contribution is 0.369. The second-order valence-electron chi connectivity index (χ2n) is 6.43. The minimum atomic E-state index is -0.247. The van der Waals surface area contributed by atoms with Gasteiger partial charge in [-0.15, -0.1) is 0 Å². The van der Waals surface area contributed by atoms with Gasteiger partial charge in [0.2, 0.25) is 0 Å². The first-order valence-electron chi connectivity index (χ1n) is 7.93. The second-order valence-corrected chi connectivity index (χ2v) is 6.43. The molecule has 114 valence electrons. The van der Waals surface area contributed by atoms with Crippen LogP contribution < -0.4 is 0 Å². The molecule has 2 aromatic carbocycles. The van der Waals surface area contributed by atoms with E-state index in [1.54, 1.807) is 12.1 Å². The van der Waals surface area contributed by atoms with E-state index >= 15 is 0 Å². The number of halogens is 1. The third kappa shape index (κ3) is 2.14. The minimum absolute atomic E-state index is 0.0354. The highest BCUT2D eigenvalue weighted by Gasteiger charge is 2.37. The predicted octanol–water partition coefficient (Wildman–Crippen LogP) is 4.77. The topological polar surface area (TPSA) is 39.6 Å². The van der Waals surface area contributed by atoms with E-state index in [1.807, 2.05) is 12.1 Å². The minimum Gasteiger partial charge on any atom is -0.358 e. The Labute approximate surface area is 134 Å².